The van der Waals surface area contributed by atoms with Gasteiger partial charge >= 0.3 is 0 Å². The fraction of sp³-hybridized carbons (Fsp3) is 0.368. The smallest absolute Gasteiger partial charge is 0.223 e. The summed E-state index contributed by atoms with van der Waals surface area (Å²) in [7, 11) is 1.56. The zero-order chi connectivity index (χ0) is 17.4. The average Bonchev–Trinajstić information content (AvgIpc) is 2.61. The molecule has 1 amide bonds. The van der Waals surface area contributed by atoms with Crippen molar-refractivity contribution in [2.24, 2.45) is 5.73 Å². The van der Waals surface area contributed by atoms with Crippen molar-refractivity contribution in [3.63, 3.8) is 0 Å². The van der Waals surface area contributed by atoms with E-state index in [4.69, 9.17) is 10.5 Å². The van der Waals surface area contributed by atoms with Crippen molar-refractivity contribution in [3.05, 3.63) is 65.5 Å². The topological polar surface area (TPSA) is 77.2 Å². The molecule has 144 valence electrons. The minimum atomic E-state index is -0.270. The second-order valence-electron chi connectivity index (χ2n) is 5.86. The summed E-state index contributed by atoms with van der Waals surface area (Å²) in [6.45, 7) is 2.37. The third-order valence-corrected chi connectivity index (χ3v) is 3.95. The van der Waals surface area contributed by atoms with Crippen LogP contribution in [0.1, 0.15) is 29.3 Å². The van der Waals surface area contributed by atoms with Gasteiger partial charge in [-0.25, -0.2) is 0 Å². The van der Waals surface area contributed by atoms with Crippen molar-refractivity contribution in [2.45, 2.75) is 31.9 Å². The summed E-state index contributed by atoms with van der Waals surface area (Å²) in [5.74, 6) is -0.0879. The summed E-state index contributed by atoms with van der Waals surface area (Å²) < 4.78 is 5.19. The number of pyridine rings is 1. The molecule has 1 aromatic heterocycles. The van der Waals surface area contributed by atoms with Crippen LogP contribution in [0.4, 0.5) is 0 Å². The van der Waals surface area contributed by atoms with E-state index in [1.807, 2.05) is 18.2 Å². The van der Waals surface area contributed by atoms with Gasteiger partial charge in [-0.3, -0.25) is 9.78 Å². The van der Waals surface area contributed by atoms with E-state index in [9.17, 15) is 4.79 Å². The number of hydrogen-bond acceptors (Lipinski definition) is 4. The standard InChI is InChI=1S/C19H25N3O2.2ClH/c1-14-6-8-15(9-7-14)11-18(17-5-3-4-10-21-17)22-19(23)12-16(13-20)24-2;;/h3-10,16,18H,11-13,20H2,1-2H3,(H,22,23);2*1H. The van der Waals surface area contributed by atoms with Gasteiger partial charge in [-0.15, -0.1) is 24.8 Å². The van der Waals surface area contributed by atoms with Gasteiger partial charge in [0.15, 0.2) is 0 Å². The molecule has 0 radical (unpaired) electrons. The van der Waals surface area contributed by atoms with Crippen LogP contribution in [0.5, 0.6) is 0 Å². The predicted octanol–water partition coefficient (Wildman–Crippen LogP) is 3.00. The zero-order valence-electron chi connectivity index (χ0n) is 15.1. The molecule has 0 spiro atoms. The minimum Gasteiger partial charge on any atom is -0.380 e. The lowest BCUT2D eigenvalue weighted by Gasteiger charge is -2.20. The average molecular weight is 400 g/mol. The van der Waals surface area contributed by atoms with Crippen LogP contribution in [0.2, 0.25) is 0 Å². The van der Waals surface area contributed by atoms with Gasteiger partial charge in [-0.1, -0.05) is 35.9 Å². The number of aryl methyl sites for hydroxylation is 1. The van der Waals surface area contributed by atoms with Crippen LogP contribution in [0.15, 0.2) is 48.7 Å². The normalized spacial score (nSPS) is 12.3. The number of nitrogens with two attached hydrogens (primary N) is 1. The van der Waals surface area contributed by atoms with Crippen LogP contribution in [-0.4, -0.2) is 30.6 Å². The summed E-state index contributed by atoms with van der Waals surface area (Å²) >= 11 is 0. The van der Waals surface area contributed by atoms with E-state index < -0.39 is 0 Å². The van der Waals surface area contributed by atoms with Crippen LogP contribution in [0.3, 0.4) is 0 Å². The SMILES string of the molecule is COC(CN)CC(=O)NC(Cc1ccc(C)cc1)c1ccccn1.Cl.Cl. The molecule has 0 saturated heterocycles. The lowest BCUT2D eigenvalue weighted by Crippen LogP contribution is -2.35. The lowest BCUT2D eigenvalue weighted by atomic mass is 10.0. The Balaban J connectivity index is 0.00000312. The molecule has 2 atom stereocenters. The highest BCUT2D eigenvalue weighted by Gasteiger charge is 2.19. The molecule has 2 rings (SSSR count). The number of nitrogens with one attached hydrogen (secondary N) is 1. The van der Waals surface area contributed by atoms with Crippen LogP contribution in [0.25, 0.3) is 0 Å². The number of halogens is 2. The number of carbonyl (C=O) groups is 1. The number of hydrogen-bond donors (Lipinski definition) is 2. The van der Waals surface area contributed by atoms with Gasteiger partial charge < -0.3 is 15.8 Å². The number of aromatic nitrogens is 1. The highest BCUT2D eigenvalue weighted by atomic mass is 35.5. The number of carbonyl (C=O) groups excluding carboxylic acids is 1. The van der Waals surface area contributed by atoms with Gasteiger partial charge in [0.2, 0.25) is 5.91 Å². The van der Waals surface area contributed by atoms with E-state index in [-0.39, 0.29) is 49.3 Å². The van der Waals surface area contributed by atoms with E-state index in [2.05, 4.69) is 41.5 Å². The Morgan fingerprint density at radius 2 is 1.88 bits per heavy atom. The van der Waals surface area contributed by atoms with Gasteiger partial charge in [0, 0.05) is 19.9 Å². The maximum Gasteiger partial charge on any atom is 0.223 e. The Hall–Kier alpha value is -1.66. The Morgan fingerprint density at radius 3 is 2.42 bits per heavy atom. The van der Waals surface area contributed by atoms with Gasteiger partial charge in [0.25, 0.3) is 0 Å². The number of rotatable bonds is 8. The maximum absolute atomic E-state index is 12.3. The molecule has 0 aliphatic rings. The molecule has 0 aliphatic carbocycles. The van der Waals surface area contributed by atoms with Crippen LogP contribution in [0, 0.1) is 6.92 Å². The van der Waals surface area contributed by atoms with Gasteiger partial charge in [-0.2, -0.15) is 0 Å². The first-order chi connectivity index (χ1) is 11.6. The molecule has 7 heteroatoms. The number of benzene rings is 1. The molecule has 2 unspecified atom stereocenters. The maximum atomic E-state index is 12.3. The van der Waals surface area contributed by atoms with E-state index in [1.54, 1.807) is 13.3 Å². The highest BCUT2D eigenvalue weighted by Crippen LogP contribution is 2.17. The molecule has 5 nitrogen and oxygen atoms in total. The number of nitrogens with zero attached hydrogens (tertiary/aromatic N) is 1. The molecule has 26 heavy (non-hydrogen) atoms. The van der Waals surface area contributed by atoms with E-state index in [0.717, 1.165) is 11.3 Å². The highest BCUT2D eigenvalue weighted by molar-refractivity contribution is 5.85. The monoisotopic (exact) mass is 399 g/mol. The first-order valence-electron chi connectivity index (χ1n) is 8.11. The second-order valence-corrected chi connectivity index (χ2v) is 5.86. The van der Waals surface area contributed by atoms with Crippen LogP contribution in [-0.2, 0) is 16.0 Å². The molecule has 3 N–H and O–H groups in total. The lowest BCUT2D eigenvalue weighted by molar-refractivity contribution is -0.124. The van der Waals surface area contributed by atoms with Crippen molar-refractivity contribution in [1.82, 2.24) is 10.3 Å². The minimum absolute atomic E-state index is 0. The van der Waals surface area contributed by atoms with Gasteiger partial charge in [0.05, 0.1) is 24.3 Å². The molecule has 1 heterocycles. The number of methoxy groups -OCH3 is 1. The van der Waals surface area contributed by atoms with Gasteiger partial charge in [0.1, 0.15) is 0 Å². The molecular weight excluding hydrogens is 373 g/mol. The first kappa shape index (κ1) is 24.3. The molecule has 0 fully saturated rings. The first-order valence-corrected chi connectivity index (χ1v) is 8.11. The third-order valence-electron chi connectivity index (χ3n) is 3.95. The molecular formula is C19H27Cl2N3O2. The fourth-order valence-electron chi connectivity index (χ4n) is 2.49. The van der Waals surface area contributed by atoms with Crippen molar-refractivity contribution < 1.29 is 9.53 Å². The number of amides is 1. The summed E-state index contributed by atoms with van der Waals surface area (Å²) in [5.41, 5.74) is 8.80. The quantitative estimate of drug-likeness (QED) is 0.714. The Bertz CT molecular complexity index is 635. The van der Waals surface area contributed by atoms with E-state index >= 15 is 0 Å². The van der Waals surface area contributed by atoms with E-state index in [0.29, 0.717) is 13.0 Å². The molecule has 0 saturated carbocycles. The largest absolute Gasteiger partial charge is 0.380 e. The summed E-state index contributed by atoms with van der Waals surface area (Å²) in [6.07, 6.45) is 2.39. The van der Waals surface area contributed by atoms with Crippen molar-refractivity contribution >= 4 is 30.7 Å². The summed E-state index contributed by atoms with van der Waals surface area (Å²) in [6, 6.07) is 13.8. The van der Waals surface area contributed by atoms with Gasteiger partial charge in [-0.05, 0) is 31.0 Å². The van der Waals surface area contributed by atoms with Crippen molar-refractivity contribution in [2.75, 3.05) is 13.7 Å². The predicted molar refractivity (Wildman–Crippen MR) is 109 cm³/mol. The molecule has 0 aliphatic heterocycles. The number of ether oxygens (including phenoxy) is 1. The summed E-state index contributed by atoms with van der Waals surface area (Å²) in [5, 5.41) is 3.06. The van der Waals surface area contributed by atoms with Crippen molar-refractivity contribution in [1.29, 1.82) is 0 Å². The Kier molecular flexibility index (Phi) is 11.8. The fourth-order valence-corrected chi connectivity index (χ4v) is 2.49. The summed E-state index contributed by atoms with van der Waals surface area (Å²) in [4.78, 5) is 16.7. The Labute approximate surface area is 167 Å². The second kappa shape index (κ2) is 12.7. The third kappa shape index (κ3) is 7.70. The van der Waals surface area contributed by atoms with E-state index in [1.165, 1.54) is 5.56 Å². The zero-order valence-corrected chi connectivity index (χ0v) is 16.7. The molecule has 2 aromatic rings. The van der Waals surface area contributed by atoms with Crippen LogP contribution < -0.4 is 11.1 Å². The Morgan fingerprint density at radius 1 is 1.19 bits per heavy atom. The van der Waals surface area contributed by atoms with Crippen LogP contribution >= 0.6 is 24.8 Å². The molecule has 0 bridgehead atoms. The van der Waals surface area contributed by atoms with Crippen molar-refractivity contribution in [3.8, 4) is 0 Å². The molecule has 1 aromatic carbocycles.